The van der Waals surface area contributed by atoms with Crippen LogP contribution in [-0.2, 0) is 0 Å². The Morgan fingerprint density at radius 3 is 2.44 bits per heavy atom. The van der Waals surface area contributed by atoms with Crippen molar-refractivity contribution in [2.24, 2.45) is 46.3 Å². The third-order valence-electron chi connectivity index (χ3n) is 10.9. The van der Waals surface area contributed by atoms with Crippen molar-refractivity contribution in [3.05, 3.63) is 24.3 Å². The van der Waals surface area contributed by atoms with Gasteiger partial charge in [-0.2, -0.15) is 0 Å². The Bertz CT molecular complexity index is 746. The highest BCUT2D eigenvalue weighted by molar-refractivity contribution is 5.20. The Balaban J connectivity index is 1.60. The summed E-state index contributed by atoms with van der Waals surface area (Å²) in [5.74, 6) is 2.63. The molecule has 0 aromatic rings. The predicted molar refractivity (Wildman–Crippen MR) is 128 cm³/mol. The number of allylic oxidation sites excluding steroid dienone is 3. The lowest BCUT2D eigenvalue weighted by molar-refractivity contribution is -0.280. The van der Waals surface area contributed by atoms with Crippen molar-refractivity contribution in [1.29, 1.82) is 0 Å². The van der Waals surface area contributed by atoms with Crippen molar-refractivity contribution in [3.63, 3.8) is 0 Å². The third-order valence-corrected chi connectivity index (χ3v) is 10.9. The second kappa shape index (κ2) is 8.52. The first-order valence-electron chi connectivity index (χ1n) is 13.1. The third kappa shape index (κ3) is 3.47. The molecule has 0 aromatic carbocycles. The Morgan fingerprint density at radius 1 is 1.06 bits per heavy atom. The molecule has 10 unspecified atom stereocenters. The van der Waals surface area contributed by atoms with E-state index in [0.29, 0.717) is 48.9 Å². The molecule has 0 aromatic heterocycles. The minimum atomic E-state index is -1.38. The van der Waals surface area contributed by atoms with E-state index in [2.05, 4.69) is 46.4 Å². The van der Waals surface area contributed by atoms with Crippen LogP contribution < -0.4 is 0 Å². The number of aliphatic hydroxyl groups excluding tert-OH is 3. The van der Waals surface area contributed by atoms with E-state index in [1.807, 2.05) is 0 Å². The Hall–Kier alpha value is -0.680. The number of fused-ring (bicyclic) bond motifs is 5. The van der Waals surface area contributed by atoms with Crippen LogP contribution in [0.15, 0.2) is 24.3 Å². The van der Waals surface area contributed by atoms with Gasteiger partial charge in [0.2, 0.25) is 0 Å². The monoisotopic (exact) mass is 446 g/mol. The topological polar surface area (TPSA) is 80.9 Å². The smallest absolute Gasteiger partial charge is 0.101 e. The van der Waals surface area contributed by atoms with Gasteiger partial charge < -0.3 is 20.4 Å². The Kier molecular flexibility index (Phi) is 6.51. The summed E-state index contributed by atoms with van der Waals surface area (Å²) < 4.78 is 0. The summed E-state index contributed by atoms with van der Waals surface area (Å²) in [5, 5.41) is 43.8. The summed E-state index contributed by atoms with van der Waals surface area (Å²) >= 11 is 0. The van der Waals surface area contributed by atoms with Crippen LogP contribution in [0, 0.1) is 46.3 Å². The molecule has 0 amide bonds. The van der Waals surface area contributed by atoms with Gasteiger partial charge in [0.1, 0.15) is 5.60 Å². The van der Waals surface area contributed by atoms with Crippen molar-refractivity contribution in [2.45, 2.75) is 96.9 Å². The molecule has 0 spiro atoms. The SMILES string of the molecule is C=C(C=CC(C)C1CCC2C3CC(O)C4(O)CC(O)CCC4(CO)C3CCC12C)C(C)C. The molecule has 0 aliphatic heterocycles. The van der Waals surface area contributed by atoms with Gasteiger partial charge in [-0.3, -0.25) is 0 Å². The summed E-state index contributed by atoms with van der Waals surface area (Å²) in [4.78, 5) is 0. The molecule has 0 heterocycles. The van der Waals surface area contributed by atoms with Gasteiger partial charge in [-0.05, 0) is 85.9 Å². The zero-order chi connectivity index (χ0) is 23.5. The molecule has 4 aliphatic carbocycles. The summed E-state index contributed by atoms with van der Waals surface area (Å²) in [6.07, 6.45) is 9.57. The first-order chi connectivity index (χ1) is 15.0. The zero-order valence-corrected chi connectivity index (χ0v) is 20.6. The first kappa shape index (κ1) is 24.4. The molecule has 4 N–H and O–H groups in total. The average molecular weight is 447 g/mol. The second-order valence-electron chi connectivity index (χ2n) is 12.4. The lowest BCUT2D eigenvalue weighted by atomic mass is 9.42. The molecule has 4 heteroatoms. The van der Waals surface area contributed by atoms with Crippen LogP contribution in [0.4, 0.5) is 0 Å². The van der Waals surface area contributed by atoms with Crippen LogP contribution in [0.2, 0.25) is 0 Å². The van der Waals surface area contributed by atoms with Crippen LogP contribution in [0.25, 0.3) is 0 Å². The van der Waals surface area contributed by atoms with Crippen molar-refractivity contribution in [1.82, 2.24) is 0 Å². The molecule has 4 aliphatic rings. The maximum atomic E-state index is 11.6. The molecular weight excluding hydrogens is 400 g/mol. The van der Waals surface area contributed by atoms with E-state index in [1.165, 1.54) is 18.4 Å². The van der Waals surface area contributed by atoms with Gasteiger partial charge in [0.15, 0.2) is 0 Å². The van der Waals surface area contributed by atoms with Crippen molar-refractivity contribution in [3.8, 4) is 0 Å². The fraction of sp³-hybridized carbons (Fsp3) is 0.857. The number of hydrogen-bond donors (Lipinski definition) is 4. The molecule has 10 atom stereocenters. The van der Waals surface area contributed by atoms with Crippen LogP contribution >= 0.6 is 0 Å². The van der Waals surface area contributed by atoms with Gasteiger partial charge >= 0.3 is 0 Å². The summed E-state index contributed by atoms with van der Waals surface area (Å²) in [6, 6.07) is 0. The lowest BCUT2D eigenvalue weighted by Gasteiger charge is -2.65. The zero-order valence-electron chi connectivity index (χ0n) is 20.6. The minimum Gasteiger partial charge on any atom is -0.396 e. The first-order valence-corrected chi connectivity index (χ1v) is 13.1. The maximum Gasteiger partial charge on any atom is 0.101 e. The summed E-state index contributed by atoms with van der Waals surface area (Å²) in [6.45, 7) is 13.3. The van der Waals surface area contributed by atoms with Gasteiger partial charge in [-0.15, -0.1) is 0 Å². The molecule has 4 fully saturated rings. The average Bonchev–Trinajstić information content (AvgIpc) is 3.09. The van der Waals surface area contributed by atoms with Crippen molar-refractivity contribution < 1.29 is 20.4 Å². The van der Waals surface area contributed by atoms with Gasteiger partial charge in [0.05, 0.1) is 18.8 Å². The highest BCUT2D eigenvalue weighted by Gasteiger charge is 2.69. The van der Waals surface area contributed by atoms with Gasteiger partial charge in [-0.25, -0.2) is 0 Å². The van der Waals surface area contributed by atoms with Crippen LogP contribution in [-0.4, -0.2) is 44.8 Å². The van der Waals surface area contributed by atoms with E-state index < -0.39 is 23.2 Å². The standard InChI is InChI=1S/C28H46O4/c1-17(2)18(3)6-7-19(4)22-8-9-23-21-14-25(31)28(32)15-20(30)10-13-27(28,16-29)24(21)11-12-26(22,23)5/h6-7,17,19-25,29-32H,3,8-16H2,1-2,4-5H3. The van der Waals surface area contributed by atoms with E-state index in [0.717, 1.165) is 12.8 Å². The van der Waals surface area contributed by atoms with Gasteiger partial charge in [0, 0.05) is 11.8 Å². The minimum absolute atomic E-state index is 0.0994. The second-order valence-corrected chi connectivity index (χ2v) is 12.4. The van der Waals surface area contributed by atoms with Crippen molar-refractivity contribution in [2.75, 3.05) is 6.61 Å². The van der Waals surface area contributed by atoms with Crippen LogP contribution in [0.5, 0.6) is 0 Å². The molecule has 182 valence electrons. The molecule has 4 saturated carbocycles. The number of hydrogen-bond acceptors (Lipinski definition) is 4. The highest BCUT2D eigenvalue weighted by Crippen LogP contribution is 2.69. The number of rotatable bonds is 5. The molecule has 4 rings (SSSR count). The fourth-order valence-electron chi connectivity index (χ4n) is 8.87. The van der Waals surface area contributed by atoms with Crippen LogP contribution in [0.3, 0.4) is 0 Å². The maximum absolute atomic E-state index is 11.6. The van der Waals surface area contributed by atoms with E-state index in [4.69, 9.17) is 0 Å². The molecule has 4 nitrogen and oxygen atoms in total. The lowest BCUT2D eigenvalue weighted by Crippen LogP contribution is -2.70. The summed E-state index contributed by atoms with van der Waals surface area (Å²) in [7, 11) is 0. The molecule has 0 bridgehead atoms. The van der Waals surface area contributed by atoms with Gasteiger partial charge in [-0.1, -0.05) is 52.0 Å². The predicted octanol–water partition coefficient (Wildman–Crippen LogP) is 4.47. The molecule has 0 radical (unpaired) electrons. The van der Waals surface area contributed by atoms with E-state index in [1.54, 1.807) is 0 Å². The number of aliphatic hydroxyl groups is 4. The summed E-state index contributed by atoms with van der Waals surface area (Å²) in [5.41, 5.74) is -0.655. The largest absolute Gasteiger partial charge is 0.396 e. The van der Waals surface area contributed by atoms with E-state index in [-0.39, 0.29) is 24.4 Å². The van der Waals surface area contributed by atoms with E-state index >= 15 is 0 Å². The molecular formula is C28H46O4. The molecule has 32 heavy (non-hydrogen) atoms. The Morgan fingerprint density at radius 2 is 1.78 bits per heavy atom. The Labute approximate surface area is 194 Å². The molecule has 0 saturated heterocycles. The fourth-order valence-corrected chi connectivity index (χ4v) is 8.87. The highest BCUT2D eigenvalue weighted by atomic mass is 16.4. The van der Waals surface area contributed by atoms with Crippen molar-refractivity contribution >= 4 is 0 Å². The quantitative estimate of drug-likeness (QED) is 0.470. The van der Waals surface area contributed by atoms with Crippen LogP contribution in [0.1, 0.15) is 79.1 Å². The van der Waals surface area contributed by atoms with E-state index in [9.17, 15) is 20.4 Å². The normalized spacial score (nSPS) is 49.5. The van der Waals surface area contributed by atoms with Gasteiger partial charge in [0.25, 0.3) is 0 Å².